The Hall–Kier alpha value is -1.89. The fourth-order valence-corrected chi connectivity index (χ4v) is 3.47. The van der Waals surface area contributed by atoms with Crippen LogP contribution in [0.5, 0.6) is 0 Å². The number of aromatic nitrogens is 4. The van der Waals surface area contributed by atoms with Gasteiger partial charge in [0.25, 0.3) is 0 Å². The summed E-state index contributed by atoms with van der Waals surface area (Å²) in [5.74, 6) is 0.584. The van der Waals surface area contributed by atoms with Crippen LogP contribution in [0, 0.1) is 0 Å². The molecule has 7 heteroatoms. The van der Waals surface area contributed by atoms with E-state index in [1.165, 1.54) is 24.6 Å². The van der Waals surface area contributed by atoms with E-state index in [0.29, 0.717) is 17.5 Å². The molecule has 1 saturated heterocycles. The molecule has 23 heavy (non-hydrogen) atoms. The highest BCUT2D eigenvalue weighted by molar-refractivity contribution is 7.99. The summed E-state index contributed by atoms with van der Waals surface area (Å²) < 4.78 is 1.75. The predicted molar refractivity (Wildman–Crippen MR) is 89.1 cm³/mol. The topological polar surface area (TPSA) is 63.9 Å². The third-order valence-electron chi connectivity index (χ3n) is 3.96. The molecule has 0 unspecified atom stereocenters. The number of likely N-dealkylation sites (tertiary alicyclic amines) is 1. The molecule has 1 amide bonds. The summed E-state index contributed by atoms with van der Waals surface area (Å²) >= 11 is 1.42. The third-order valence-corrected chi connectivity index (χ3v) is 4.90. The molecule has 3 rings (SSSR count). The molecule has 1 aromatic carbocycles. The molecule has 0 saturated carbocycles. The van der Waals surface area contributed by atoms with Crippen molar-refractivity contribution in [1.29, 1.82) is 0 Å². The van der Waals surface area contributed by atoms with Crippen molar-refractivity contribution in [1.82, 2.24) is 25.1 Å². The van der Waals surface area contributed by atoms with Crippen LogP contribution in [0.25, 0.3) is 0 Å². The van der Waals surface area contributed by atoms with Crippen LogP contribution in [-0.2, 0) is 11.3 Å². The number of hydrogen-bond acceptors (Lipinski definition) is 5. The van der Waals surface area contributed by atoms with E-state index in [-0.39, 0.29) is 5.91 Å². The lowest BCUT2D eigenvalue weighted by Crippen LogP contribution is -2.33. The highest BCUT2D eigenvalue weighted by Gasteiger charge is 2.17. The number of thioether (sulfide) groups is 1. The van der Waals surface area contributed by atoms with Crippen molar-refractivity contribution in [2.75, 3.05) is 18.8 Å². The lowest BCUT2D eigenvalue weighted by atomic mass is 10.2. The minimum Gasteiger partial charge on any atom is -0.342 e. The monoisotopic (exact) mass is 331 g/mol. The van der Waals surface area contributed by atoms with E-state index in [4.69, 9.17) is 0 Å². The molecule has 0 N–H and O–H groups in total. The summed E-state index contributed by atoms with van der Waals surface area (Å²) in [6, 6.07) is 10.1. The highest BCUT2D eigenvalue weighted by Crippen LogP contribution is 2.17. The molecule has 2 heterocycles. The molecule has 0 bridgehead atoms. The summed E-state index contributed by atoms with van der Waals surface area (Å²) in [5.41, 5.74) is 1.14. The zero-order valence-electron chi connectivity index (χ0n) is 13.1. The van der Waals surface area contributed by atoms with Crippen LogP contribution >= 0.6 is 11.8 Å². The first kappa shape index (κ1) is 16.0. The van der Waals surface area contributed by atoms with Gasteiger partial charge in [0.2, 0.25) is 11.1 Å². The average Bonchev–Trinajstić information content (AvgIpc) is 2.84. The van der Waals surface area contributed by atoms with Crippen LogP contribution in [0.1, 0.15) is 31.2 Å². The van der Waals surface area contributed by atoms with Gasteiger partial charge < -0.3 is 4.90 Å². The van der Waals surface area contributed by atoms with Gasteiger partial charge in [-0.05, 0) is 28.8 Å². The highest BCUT2D eigenvalue weighted by atomic mass is 32.2. The van der Waals surface area contributed by atoms with Crippen molar-refractivity contribution < 1.29 is 4.79 Å². The minimum atomic E-state index is 0.186. The Morgan fingerprint density at radius 3 is 2.57 bits per heavy atom. The minimum absolute atomic E-state index is 0.186. The van der Waals surface area contributed by atoms with E-state index in [0.717, 1.165) is 31.5 Å². The Labute approximate surface area is 140 Å². The molecule has 1 aromatic heterocycles. The molecule has 0 radical (unpaired) electrons. The number of carbonyl (C=O) groups excluding carboxylic acids is 1. The molecule has 1 aliphatic heterocycles. The number of hydrogen-bond donors (Lipinski definition) is 0. The van der Waals surface area contributed by atoms with Crippen molar-refractivity contribution in [2.24, 2.45) is 0 Å². The molecular weight excluding hydrogens is 310 g/mol. The van der Waals surface area contributed by atoms with Gasteiger partial charge in [0.1, 0.15) is 0 Å². The molecule has 6 nitrogen and oxygen atoms in total. The van der Waals surface area contributed by atoms with Crippen LogP contribution < -0.4 is 0 Å². The molecular formula is C16H21N5OS. The molecule has 0 aliphatic carbocycles. The van der Waals surface area contributed by atoms with Gasteiger partial charge in [-0.15, -0.1) is 5.10 Å². The first-order valence-electron chi connectivity index (χ1n) is 8.03. The van der Waals surface area contributed by atoms with Crippen LogP contribution in [0.15, 0.2) is 35.5 Å². The van der Waals surface area contributed by atoms with Crippen molar-refractivity contribution >= 4 is 17.7 Å². The van der Waals surface area contributed by atoms with E-state index in [9.17, 15) is 4.79 Å². The Morgan fingerprint density at radius 1 is 1.09 bits per heavy atom. The molecule has 122 valence electrons. The second-order valence-electron chi connectivity index (χ2n) is 5.69. The average molecular weight is 331 g/mol. The summed E-state index contributed by atoms with van der Waals surface area (Å²) in [7, 11) is 0. The van der Waals surface area contributed by atoms with Crippen LogP contribution in [0.3, 0.4) is 0 Å². The predicted octanol–water partition coefficient (Wildman–Crippen LogP) is 2.22. The van der Waals surface area contributed by atoms with Gasteiger partial charge in [-0.3, -0.25) is 4.79 Å². The van der Waals surface area contributed by atoms with Crippen molar-refractivity contribution in [3.8, 4) is 0 Å². The molecule has 0 atom stereocenters. The number of amides is 1. The smallest absolute Gasteiger partial charge is 0.233 e. The first-order valence-corrected chi connectivity index (χ1v) is 9.02. The fraction of sp³-hybridized carbons (Fsp3) is 0.500. The number of tetrazole rings is 1. The lowest BCUT2D eigenvalue weighted by Gasteiger charge is -2.19. The summed E-state index contributed by atoms with van der Waals surface area (Å²) in [6.07, 6.45) is 4.68. The maximum absolute atomic E-state index is 12.3. The maximum atomic E-state index is 12.3. The molecule has 0 spiro atoms. The first-order chi connectivity index (χ1) is 11.3. The zero-order valence-corrected chi connectivity index (χ0v) is 13.9. The number of nitrogens with zero attached hydrogens (tertiary/aromatic N) is 5. The van der Waals surface area contributed by atoms with E-state index in [1.807, 2.05) is 35.2 Å². The Morgan fingerprint density at radius 2 is 1.83 bits per heavy atom. The van der Waals surface area contributed by atoms with Gasteiger partial charge >= 0.3 is 0 Å². The van der Waals surface area contributed by atoms with Crippen LogP contribution in [-0.4, -0.2) is 49.9 Å². The van der Waals surface area contributed by atoms with E-state index in [1.54, 1.807) is 4.68 Å². The quantitative estimate of drug-likeness (QED) is 0.786. The molecule has 2 aromatic rings. The Balaban J connectivity index is 1.56. The third kappa shape index (κ3) is 4.54. The SMILES string of the molecule is O=C(CSc1nnnn1Cc1ccccc1)N1CCCCCC1. The molecule has 1 aliphatic rings. The van der Waals surface area contributed by atoms with Crippen LogP contribution in [0.4, 0.5) is 0 Å². The number of rotatable bonds is 5. The fourth-order valence-electron chi connectivity index (χ4n) is 2.69. The maximum Gasteiger partial charge on any atom is 0.233 e. The Kier molecular flexibility index (Phi) is 5.63. The van der Waals surface area contributed by atoms with Gasteiger partial charge in [0.15, 0.2) is 0 Å². The lowest BCUT2D eigenvalue weighted by molar-refractivity contribution is -0.128. The van der Waals surface area contributed by atoms with Crippen molar-refractivity contribution in [3.63, 3.8) is 0 Å². The van der Waals surface area contributed by atoms with Gasteiger partial charge in [0.05, 0.1) is 12.3 Å². The zero-order chi connectivity index (χ0) is 15.9. The summed E-state index contributed by atoms with van der Waals surface area (Å²) in [4.78, 5) is 14.3. The number of carbonyl (C=O) groups is 1. The van der Waals surface area contributed by atoms with E-state index < -0.39 is 0 Å². The van der Waals surface area contributed by atoms with Gasteiger partial charge in [-0.25, -0.2) is 4.68 Å². The molecule has 1 fully saturated rings. The van der Waals surface area contributed by atoms with Gasteiger partial charge in [-0.1, -0.05) is 54.9 Å². The van der Waals surface area contributed by atoms with Crippen molar-refractivity contribution in [3.05, 3.63) is 35.9 Å². The summed E-state index contributed by atoms with van der Waals surface area (Å²) in [5, 5.41) is 12.5. The van der Waals surface area contributed by atoms with E-state index in [2.05, 4.69) is 15.5 Å². The van der Waals surface area contributed by atoms with Gasteiger partial charge in [-0.2, -0.15) is 0 Å². The number of benzene rings is 1. The largest absolute Gasteiger partial charge is 0.342 e. The second kappa shape index (κ2) is 8.10. The van der Waals surface area contributed by atoms with Crippen LogP contribution in [0.2, 0.25) is 0 Å². The Bertz CT molecular complexity index is 622. The van der Waals surface area contributed by atoms with Gasteiger partial charge in [0, 0.05) is 13.1 Å². The van der Waals surface area contributed by atoms with E-state index >= 15 is 0 Å². The van der Waals surface area contributed by atoms with Crippen molar-refractivity contribution in [2.45, 2.75) is 37.4 Å². The standard InChI is InChI=1S/C16H21N5OS/c22-15(20-10-6-1-2-7-11-20)13-23-16-17-18-19-21(16)12-14-8-4-3-5-9-14/h3-5,8-9H,1-2,6-7,10-13H2. The summed E-state index contributed by atoms with van der Waals surface area (Å²) in [6.45, 7) is 2.39. The normalized spacial score (nSPS) is 15.4. The second-order valence-corrected chi connectivity index (χ2v) is 6.63.